The number of nitrogens with one attached hydrogen (secondary N) is 1. The Kier molecular flexibility index (Phi) is 4.25. The van der Waals surface area contributed by atoms with Crippen LogP contribution in [0.25, 0.3) is 0 Å². The number of aliphatic hydroxyl groups excluding tert-OH is 1. The lowest BCUT2D eigenvalue weighted by molar-refractivity contribution is 0.0827. The summed E-state index contributed by atoms with van der Waals surface area (Å²) in [4.78, 5) is 2.46. The molecule has 0 radical (unpaired) electrons. The quantitative estimate of drug-likeness (QED) is 0.870. The summed E-state index contributed by atoms with van der Waals surface area (Å²) in [6, 6.07) is 4.40. The largest absolute Gasteiger partial charge is 0.392 e. The van der Waals surface area contributed by atoms with Crippen LogP contribution in [0.5, 0.6) is 0 Å². The number of halogens is 1. The third kappa shape index (κ3) is 3.10. The van der Waals surface area contributed by atoms with Gasteiger partial charge in [0.2, 0.25) is 10.0 Å². The standard InChI is InChI=1S/C14H19ClN2O3S/c15-13-2-1-12(7-11(13)9-18)21(19,20)16-14-8-17-5-3-10(14)4-6-17/h1-2,7,10,14,16,18H,3-6,8-9H2. The van der Waals surface area contributed by atoms with Crippen molar-refractivity contribution in [1.82, 2.24) is 9.62 Å². The molecule has 1 atom stereocenters. The Morgan fingerprint density at radius 2 is 2.05 bits per heavy atom. The summed E-state index contributed by atoms with van der Waals surface area (Å²) in [5, 5.41) is 9.58. The van der Waals surface area contributed by atoms with Gasteiger partial charge in [0.1, 0.15) is 0 Å². The number of sulfonamides is 1. The molecule has 0 aromatic heterocycles. The first-order valence-electron chi connectivity index (χ1n) is 7.13. The molecule has 2 bridgehead atoms. The van der Waals surface area contributed by atoms with Gasteiger partial charge in [-0.1, -0.05) is 11.6 Å². The number of rotatable bonds is 4. The Hall–Kier alpha value is -0.660. The second-order valence-corrected chi connectivity index (χ2v) is 7.90. The van der Waals surface area contributed by atoms with Crippen molar-refractivity contribution in [3.8, 4) is 0 Å². The predicted molar refractivity (Wildman–Crippen MR) is 80.6 cm³/mol. The van der Waals surface area contributed by atoms with Gasteiger partial charge >= 0.3 is 0 Å². The van der Waals surface area contributed by atoms with Crippen molar-refractivity contribution in [2.24, 2.45) is 5.92 Å². The van der Waals surface area contributed by atoms with Gasteiger partial charge in [-0.05, 0) is 55.6 Å². The molecule has 3 fully saturated rings. The van der Waals surface area contributed by atoms with Crippen molar-refractivity contribution in [1.29, 1.82) is 0 Å². The molecule has 116 valence electrons. The van der Waals surface area contributed by atoms with E-state index in [2.05, 4.69) is 9.62 Å². The molecule has 3 heterocycles. The Labute approximate surface area is 130 Å². The molecule has 1 aromatic carbocycles. The fraction of sp³-hybridized carbons (Fsp3) is 0.571. The molecule has 3 saturated heterocycles. The van der Waals surface area contributed by atoms with Crippen LogP contribution in [0, 0.1) is 5.92 Å². The number of aliphatic hydroxyl groups is 1. The van der Waals surface area contributed by atoms with Crippen LogP contribution in [0.15, 0.2) is 23.1 Å². The predicted octanol–water partition coefficient (Wildman–Crippen LogP) is 1.20. The van der Waals surface area contributed by atoms with Gasteiger partial charge in [-0.3, -0.25) is 0 Å². The molecule has 0 amide bonds. The molecule has 1 unspecified atom stereocenters. The maximum atomic E-state index is 12.5. The summed E-state index contributed by atoms with van der Waals surface area (Å²) in [5.41, 5.74) is 0.424. The van der Waals surface area contributed by atoms with E-state index in [9.17, 15) is 13.5 Å². The molecule has 2 N–H and O–H groups in total. The number of hydrogen-bond donors (Lipinski definition) is 2. The number of piperidine rings is 3. The molecule has 3 aliphatic rings. The molecule has 5 nitrogen and oxygen atoms in total. The van der Waals surface area contributed by atoms with Crippen LogP contribution in [0.2, 0.25) is 5.02 Å². The van der Waals surface area contributed by atoms with Gasteiger partial charge < -0.3 is 10.0 Å². The molecular weight excluding hydrogens is 312 g/mol. The first-order chi connectivity index (χ1) is 9.99. The monoisotopic (exact) mass is 330 g/mol. The van der Waals surface area contributed by atoms with Crippen molar-refractivity contribution in [2.45, 2.75) is 30.4 Å². The smallest absolute Gasteiger partial charge is 0.240 e. The van der Waals surface area contributed by atoms with Gasteiger partial charge in [0.05, 0.1) is 11.5 Å². The molecule has 21 heavy (non-hydrogen) atoms. The van der Waals surface area contributed by atoms with Crippen LogP contribution in [0.4, 0.5) is 0 Å². The molecule has 0 aliphatic carbocycles. The first-order valence-corrected chi connectivity index (χ1v) is 8.99. The Bertz CT molecular complexity index is 627. The highest BCUT2D eigenvalue weighted by molar-refractivity contribution is 7.89. The average Bonchev–Trinajstić information content (AvgIpc) is 2.48. The molecule has 0 spiro atoms. The van der Waals surface area contributed by atoms with Gasteiger partial charge in [-0.15, -0.1) is 0 Å². The lowest BCUT2D eigenvalue weighted by Gasteiger charge is -2.44. The van der Waals surface area contributed by atoms with Crippen molar-refractivity contribution < 1.29 is 13.5 Å². The van der Waals surface area contributed by atoms with Crippen LogP contribution >= 0.6 is 11.6 Å². The highest BCUT2D eigenvalue weighted by Crippen LogP contribution is 2.29. The van der Waals surface area contributed by atoms with Crippen LogP contribution in [0.1, 0.15) is 18.4 Å². The molecule has 7 heteroatoms. The number of hydrogen-bond acceptors (Lipinski definition) is 4. The zero-order chi connectivity index (χ0) is 15.0. The van der Waals surface area contributed by atoms with E-state index in [1.165, 1.54) is 18.2 Å². The highest BCUT2D eigenvalue weighted by atomic mass is 35.5. The van der Waals surface area contributed by atoms with E-state index >= 15 is 0 Å². The van der Waals surface area contributed by atoms with E-state index < -0.39 is 10.0 Å². The van der Waals surface area contributed by atoms with E-state index in [0.717, 1.165) is 32.5 Å². The topological polar surface area (TPSA) is 69.6 Å². The van der Waals surface area contributed by atoms with Crippen molar-refractivity contribution in [2.75, 3.05) is 19.6 Å². The summed E-state index contributed by atoms with van der Waals surface area (Å²) in [5.74, 6) is 0.425. The number of benzene rings is 1. The van der Waals surface area contributed by atoms with Crippen LogP contribution in [-0.2, 0) is 16.6 Å². The van der Waals surface area contributed by atoms with Gasteiger partial charge in [0.25, 0.3) is 0 Å². The average molecular weight is 331 g/mol. The Morgan fingerprint density at radius 1 is 1.33 bits per heavy atom. The lowest BCUT2D eigenvalue weighted by atomic mass is 9.85. The van der Waals surface area contributed by atoms with E-state index in [1.54, 1.807) is 0 Å². The van der Waals surface area contributed by atoms with Gasteiger partial charge in [0.15, 0.2) is 0 Å². The summed E-state index contributed by atoms with van der Waals surface area (Å²) in [7, 11) is -3.58. The maximum absolute atomic E-state index is 12.5. The third-order valence-corrected chi connectivity index (χ3v) is 6.32. The number of nitrogens with zero attached hydrogens (tertiary/aromatic N) is 1. The lowest BCUT2D eigenvalue weighted by Crippen LogP contribution is -2.57. The molecule has 3 aliphatic heterocycles. The Morgan fingerprint density at radius 3 is 2.62 bits per heavy atom. The summed E-state index contributed by atoms with van der Waals surface area (Å²) < 4.78 is 27.8. The van der Waals surface area contributed by atoms with E-state index in [4.69, 9.17) is 11.6 Å². The van der Waals surface area contributed by atoms with Crippen molar-refractivity contribution in [3.63, 3.8) is 0 Å². The van der Waals surface area contributed by atoms with E-state index in [0.29, 0.717) is 16.5 Å². The Balaban J connectivity index is 1.81. The molecule has 1 aromatic rings. The van der Waals surface area contributed by atoms with Gasteiger partial charge in [-0.25, -0.2) is 13.1 Å². The SMILES string of the molecule is O=S(=O)(NC1CN2CCC1CC2)c1ccc(Cl)c(CO)c1. The third-order valence-electron chi connectivity index (χ3n) is 4.46. The summed E-state index contributed by atoms with van der Waals surface area (Å²) >= 11 is 5.91. The summed E-state index contributed by atoms with van der Waals surface area (Å²) in [6.07, 6.45) is 2.10. The van der Waals surface area contributed by atoms with Crippen molar-refractivity contribution in [3.05, 3.63) is 28.8 Å². The second kappa shape index (κ2) is 5.85. The number of fused-ring (bicyclic) bond motifs is 3. The highest BCUT2D eigenvalue weighted by Gasteiger charge is 2.36. The zero-order valence-corrected chi connectivity index (χ0v) is 13.2. The van der Waals surface area contributed by atoms with Crippen LogP contribution < -0.4 is 4.72 Å². The zero-order valence-electron chi connectivity index (χ0n) is 11.6. The molecule has 4 rings (SSSR count). The van der Waals surface area contributed by atoms with Crippen LogP contribution in [0.3, 0.4) is 0 Å². The van der Waals surface area contributed by atoms with Crippen molar-refractivity contribution >= 4 is 21.6 Å². The maximum Gasteiger partial charge on any atom is 0.240 e. The first kappa shape index (κ1) is 15.2. The van der Waals surface area contributed by atoms with Gasteiger partial charge in [0, 0.05) is 17.6 Å². The fourth-order valence-corrected chi connectivity index (χ4v) is 4.73. The fourth-order valence-electron chi connectivity index (χ4n) is 3.21. The van der Waals surface area contributed by atoms with Crippen LogP contribution in [-0.4, -0.2) is 44.1 Å². The minimum absolute atomic E-state index is 0.0224. The van der Waals surface area contributed by atoms with E-state index in [1.807, 2.05) is 0 Å². The van der Waals surface area contributed by atoms with E-state index in [-0.39, 0.29) is 17.5 Å². The summed E-state index contributed by atoms with van der Waals surface area (Å²) in [6.45, 7) is 2.64. The second-order valence-electron chi connectivity index (χ2n) is 5.78. The molecule has 0 saturated carbocycles. The molecular formula is C14H19ClN2O3S. The minimum atomic E-state index is -3.58. The normalized spacial score (nSPS) is 28.8. The minimum Gasteiger partial charge on any atom is -0.392 e. The van der Waals surface area contributed by atoms with Gasteiger partial charge in [-0.2, -0.15) is 0 Å².